The van der Waals surface area contributed by atoms with Gasteiger partial charge in [0.25, 0.3) is 0 Å². The first-order valence-electron chi connectivity index (χ1n) is 7.29. The van der Waals surface area contributed by atoms with Crippen LogP contribution in [-0.4, -0.2) is 60.0 Å². The molecule has 2 rings (SSSR count). The fourth-order valence-corrected chi connectivity index (χ4v) is 3.52. The van der Waals surface area contributed by atoms with Crippen molar-refractivity contribution in [3.63, 3.8) is 0 Å². The van der Waals surface area contributed by atoms with Crippen molar-refractivity contribution in [1.29, 1.82) is 0 Å². The van der Waals surface area contributed by atoms with E-state index in [4.69, 9.17) is 4.74 Å². The first-order valence-corrected chi connectivity index (χ1v) is 7.29. The Bertz CT molecular complexity index is 273. The highest BCUT2D eigenvalue weighted by Gasteiger charge is 2.41. The molecule has 0 aromatic heterocycles. The molecule has 2 aliphatic rings. The first kappa shape index (κ1) is 14.3. The number of ether oxygens (including phenoxy) is 1. The molecule has 0 aromatic rings. The second-order valence-corrected chi connectivity index (χ2v) is 6.31. The largest absolute Gasteiger partial charge is 0.394 e. The lowest BCUT2D eigenvalue weighted by molar-refractivity contribution is -0.0346. The van der Waals surface area contributed by atoms with E-state index >= 15 is 0 Å². The zero-order valence-electron chi connectivity index (χ0n) is 12.0. The van der Waals surface area contributed by atoms with Crippen molar-refractivity contribution in [3.05, 3.63) is 0 Å². The highest BCUT2D eigenvalue weighted by Crippen LogP contribution is 2.34. The van der Waals surface area contributed by atoms with Gasteiger partial charge in [0.05, 0.1) is 19.3 Å². The molecule has 0 spiro atoms. The number of hydrogen-bond donors (Lipinski definition) is 2. The van der Waals surface area contributed by atoms with E-state index in [1.165, 1.54) is 6.42 Å². The third-order valence-electron chi connectivity index (χ3n) is 4.27. The molecule has 0 aromatic carbocycles. The smallest absolute Gasteiger partial charge is 0.0674 e. The van der Waals surface area contributed by atoms with Gasteiger partial charge in [-0.3, -0.25) is 4.90 Å². The molecule has 3 unspecified atom stereocenters. The van der Waals surface area contributed by atoms with Crippen LogP contribution in [0.4, 0.5) is 0 Å². The predicted molar refractivity (Wildman–Crippen MR) is 72.7 cm³/mol. The van der Waals surface area contributed by atoms with E-state index in [-0.39, 0.29) is 12.1 Å². The van der Waals surface area contributed by atoms with Gasteiger partial charge in [0.1, 0.15) is 0 Å². The van der Waals surface area contributed by atoms with Crippen LogP contribution in [-0.2, 0) is 4.74 Å². The van der Waals surface area contributed by atoms with Crippen LogP contribution in [0.5, 0.6) is 0 Å². The van der Waals surface area contributed by atoms with Gasteiger partial charge in [-0.25, -0.2) is 0 Å². The molecule has 18 heavy (non-hydrogen) atoms. The fraction of sp³-hybridized carbons (Fsp3) is 1.00. The molecule has 4 nitrogen and oxygen atoms in total. The second kappa shape index (κ2) is 5.87. The molecule has 1 saturated heterocycles. The summed E-state index contributed by atoms with van der Waals surface area (Å²) in [6.07, 6.45) is 3.68. The van der Waals surface area contributed by atoms with Gasteiger partial charge in [-0.15, -0.1) is 0 Å². The van der Waals surface area contributed by atoms with Gasteiger partial charge in [0, 0.05) is 30.7 Å². The normalized spacial score (nSPS) is 38.5. The highest BCUT2D eigenvalue weighted by molar-refractivity contribution is 5.00. The Labute approximate surface area is 111 Å². The maximum absolute atomic E-state index is 9.73. The van der Waals surface area contributed by atoms with Crippen LogP contribution in [0.25, 0.3) is 0 Å². The van der Waals surface area contributed by atoms with Crippen LogP contribution >= 0.6 is 0 Å². The van der Waals surface area contributed by atoms with E-state index in [0.29, 0.717) is 18.2 Å². The third-order valence-corrected chi connectivity index (χ3v) is 4.27. The van der Waals surface area contributed by atoms with Crippen molar-refractivity contribution in [2.24, 2.45) is 0 Å². The summed E-state index contributed by atoms with van der Waals surface area (Å²) in [5.41, 5.74) is -0.0552. The fourth-order valence-electron chi connectivity index (χ4n) is 3.52. The van der Waals surface area contributed by atoms with Gasteiger partial charge in [0.15, 0.2) is 0 Å². The van der Waals surface area contributed by atoms with E-state index in [1.807, 2.05) is 0 Å². The molecular weight excluding hydrogens is 228 g/mol. The lowest BCUT2D eigenvalue weighted by atomic mass is 9.97. The summed E-state index contributed by atoms with van der Waals surface area (Å²) in [5, 5.41) is 13.3. The Morgan fingerprint density at radius 2 is 2.28 bits per heavy atom. The van der Waals surface area contributed by atoms with Crippen molar-refractivity contribution in [1.82, 2.24) is 10.2 Å². The van der Waals surface area contributed by atoms with Gasteiger partial charge in [-0.05, 0) is 26.2 Å². The van der Waals surface area contributed by atoms with Gasteiger partial charge in [0.2, 0.25) is 0 Å². The van der Waals surface area contributed by atoms with Crippen LogP contribution in [0, 0.1) is 0 Å². The van der Waals surface area contributed by atoms with Gasteiger partial charge in [-0.1, -0.05) is 13.8 Å². The van der Waals surface area contributed by atoms with Crippen molar-refractivity contribution in [2.75, 3.05) is 26.3 Å². The van der Waals surface area contributed by atoms with Gasteiger partial charge >= 0.3 is 0 Å². The summed E-state index contributed by atoms with van der Waals surface area (Å²) in [6, 6.07) is 1.04. The zero-order chi connectivity index (χ0) is 13.2. The molecule has 4 heteroatoms. The maximum Gasteiger partial charge on any atom is 0.0674 e. The number of rotatable bonds is 4. The van der Waals surface area contributed by atoms with Crippen LogP contribution in [0.3, 0.4) is 0 Å². The van der Waals surface area contributed by atoms with E-state index < -0.39 is 0 Å². The number of nitrogens with zero attached hydrogens (tertiary/aromatic N) is 1. The lowest BCUT2D eigenvalue weighted by Crippen LogP contribution is -2.52. The molecule has 3 atom stereocenters. The van der Waals surface area contributed by atoms with E-state index in [9.17, 15) is 5.11 Å². The molecule has 2 N–H and O–H groups in total. The van der Waals surface area contributed by atoms with E-state index in [2.05, 4.69) is 31.0 Å². The second-order valence-electron chi connectivity index (χ2n) is 6.31. The quantitative estimate of drug-likeness (QED) is 0.787. The summed E-state index contributed by atoms with van der Waals surface area (Å²) in [5.74, 6) is 0. The topological polar surface area (TPSA) is 44.7 Å². The Hall–Kier alpha value is -0.160. The summed E-state index contributed by atoms with van der Waals surface area (Å²) in [4.78, 5) is 2.55. The van der Waals surface area contributed by atoms with Crippen LogP contribution in [0.2, 0.25) is 0 Å². The zero-order valence-corrected chi connectivity index (χ0v) is 12.0. The minimum Gasteiger partial charge on any atom is -0.394 e. The maximum atomic E-state index is 9.73. The monoisotopic (exact) mass is 256 g/mol. The average molecular weight is 256 g/mol. The van der Waals surface area contributed by atoms with Crippen molar-refractivity contribution < 1.29 is 9.84 Å². The molecule has 106 valence electrons. The standard InChI is InChI=1S/C14H28N2O2/c1-11(2)15-14(10-17)5-4-13(8-14)16-6-7-18-12(3)9-16/h11-13,15,17H,4-10H2,1-3H3. The van der Waals surface area contributed by atoms with Gasteiger partial charge in [-0.2, -0.15) is 0 Å². The Kier molecular flexibility index (Phi) is 4.64. The molecule has 0 radical (unpaired) electrons. The predicted octanol–water partition coefficient (Wildman–Crippen LogP) is 0.989. The lowest BCUT2D eigenvalue weighted by Gasteiger charge is -2.37. The SMILES string of the molecule is CC(C)NC1(CO)CCC(N2CCOC(C)C2)C1. The van der Waals surface area contributed by atoms with Crippen LogP contribution in [0.1, 0.15) is 40.0 Å². The molecule has 1 saturated carbocycles. The van der Waals surface area contributed by atoms with Crippen molar-refractivity contribution in [2.45, 2.75) is 63.8 Å². The van der Waals surface area contributed by atoms with Gasteiger partial charge < -0.3 is 15.2 Å². The third kappa shape index (κ3) is 3.23. The van der Waals surface area contributed by atoms with E-state index in [0.717, 1.165) is 32.5 Å². The summed E-state index contributed by atoms with van der Waals surface area (Å²) in [7, 11) is 0. The Morgan fingerprint density at radius 3 is 2.89 bits per heavy atom. The summed E-state index contributed by atoms with van der Waals surface area (Å²) >= 11 is 0. The summed E-state index contributed by atoms with van der Waals surface area (Å²) < 4.78 is 5.60. The molecule has 1 heterocycles. The minimum atomic E-state index is -0.0552. The number of aliphatic hydroxyl groups is 1. The molecule has 0 amide bonds. The number of aliphatic hydroxyl groups excluding tert-OH is 1. The molecule has 0 bridgehead atoms. The first-order chi connectivity index (χ1) is 8.54. The van der Waals surface area contributed by atoms with E-state index in [1.54, 1.807) is 0 Å². The summed E-state index contributed by atoms with van der Waals surface area (Å²) in [6.45, 7) is 9.63. The Morgan fingerprint density at radius 1 is 1.50 bits per heavy atom. The molecule has 2 fully saturated rings. The molecule has 1 aliphatic heterocycles. The van der Waals surface area contributed by atoms with Crippen molar-refractivity contribution >= 4 is 0 Å². The average Bonchev–Trinajstić information content (AvgIpc) is 2.73. The van der Waals surface area contributed by atoms with Crippen molar-refractivity contribution in [3.8, 4) is 0 Å². The Balaban J connectivity index is 1.93. The van der Waals surface area contributed by atoms with Crippen LogP contribution in [0.15, 0.2) is 0 Å². The highest BCUT2D eigenvalue weighted by atomic mass is 16.5. The molecular formula is C14H28N2O2. The number of morpholine rings is 1. The molecule has 1 aliphatic carbocycles. The number of hydrogen-bond acceptors (Lipinski definition) is 4. The van der Waals surface area contributed by atoms with Crippen LogP contribution < -0.4 is 5.32 Å². The number of nitrogens with one attached hydrogen (secondary N) is 1. The minimum absolute atomic E-state index is 0.0552.